The second kappa shape index (κ2) is 7.23. The number of thioether (sulfide) groups is 1. The highest BCUT2D eigenvalue weighted by Crippen LogP contribution is 2.23. The number of benzene rings is 2. The van der Waals surface area contributed by atoms with E-state index in [9.17, 15) is 4.79 Å². The fraction of sp³-hybridized carbons (Fsp3) is 0.105. The predicted octanol–water partition coefficient (Wildman–Crippen LogP) is 4.54. The molecule has 4 rings (SSSR count). The van der Waals surface area contributed by atoms with Gasteiger partial charge in [0, 0.05) is 34.2 Å². The third kappa shape index (κ3) is 3.40. The van der Waals surface area contributed by atoms with Crippen LogP contribution >= 0.6 is 35.6 Å². The first kappa shape index (κ1) is 17.3. The summed E-state index contributed by atoms with van der Waals surface area (Å²) in [6.45, 7) is 0.725. The third-order valence-electron chi connectivity index (χ3n) is 4.13. The summed E-state index contributed by atoms with van der Waals surface area (Å²) < 4.78 is 2.66. The number of carbonyl (C=O) groups is 1. The van der Waals surface area contributed by atoms with Crippen LogP contribution in [0.25, 0.3) is 10.9 Å². The molecule has 1 aliphatic heterocycles. The quantitative estimate of drug-likeness (QED) is 0.477. The molecule has 0 spiro atoms. The second-order valence-electron chi connectivity index (χ2n) is 5.86. The van der Waals surface area contributed by atoms with Gasteiger partial charge in [-0.05, 0) is 23.8 Å². The number of thiocarbonyl (C=S) groups is 1. The van der Waals surface area contributed by atoms with Crippen molar-refractivity contribution in [1.82, 2.24) is 9.58 Å². The summed E-state index contributed by atoms with van der Waals surface area (Å²) in [7, 11) is 0. The van der Waals surface area contributed by atoms with E-state index in [1.807, 2.05) is 48.7 Å². The van der Waals surface area contributed by atoms with E-state index in [0.29, 0.717) is 10.1 Å². The van der Waals surface area contributed by atoms with Gasteiger partial charge in [-0.3, -0.25) is 4.79 Å². The minimum atomic E-state index is -0.0823. The van der Waals surface area contributed by atoms with Crippen LogP contribution in [0.5, 0.6) is 0 Å². The van der Waals surface area contributed by atoms with Crippen molar-refractivity contribution in [2.24, 2.45) is 5.10 Å². The van der Waals surface area contributed by atoms with Crippen LogP contribution < -0.4 is 0 Å². The standard InChI is InChI=1S/C19H14ClN3OS2/c20-15-7-5-13(6-8-15)10-22-11-14(16-3-1-2-4-17(16)22)9-21-23-18(24)12-26-19(23)25/h1-9,11H,10,12H2/b21-9-. The van der Waals surface area contributed by atoms with Crippen LogP contribution in [0.2, 0.25) is 5.02 Å². The SMILES string of the molecule is O=C1CSC(=S)N1/N=C\c1cn(Cc2ccc(Cl)cc2)c2ccccc12. The van der Waals surface area contributed by atoms with E-state index in [-0.39, 0.29) is 5.91 Å². The summed E-state index contributed by atoms with van der Waals surface area (Å²) in [5.74, 6) is 0.273. The van der Waals surface area contributed by atoms with Gasteiger partial charge in [0.2, 0.25) is 0 Å². The van der Waals surface area contributed by atoms with E-state index in [1.165, 1.54) is 16.8 Å². The highest BCUT2D eigenvalue weighted by molar-refractivity contribution is 8.23. The van der Waals surface area contributed by atoms with Gasteiger partial charge in [0.25, 0.3) is 5.91 Å². The first-order valence-electron chi connectivity index (χ1n) is 7.98. The molecule has 1 aliphatic rings. The molecule has 1 saturated heterocycles. The largest absolute Gasteiger partial charge is 0.342 e. The molecule has 2 aromatic carbocycles. The Morgan fingerprint density at radius 3 is 2.69 bits per heavy atom. The molecule has 130 valence electrons. The number of fused-ring (bicyclic) bond motifs is 1. The van der Waals surface area contributed by atoms with Crippen molar-refractivity contribution in [2.75, 3.05) is 5.75 Å². The molecule has 0 N–H and O–H groups in total. The first-order chi connectivity index (χ1) is 12.6. The fourth-order valence-corrected chi connectivity index (χ4v) is 3.97. The van der Waals surface area contributed by atoms with Gasteiger partial charge in [-0.1, -0.05) is 65.9 Å². The van der Waals surface area contributed by atoms with E-state index in [1.54, 1.807) is 6.21 Å². The molecule has 7 heteroatoms. The van der Waals surface area contributed by atoms with Crippen molar-refractivity contribution in [3.63, 3.8) is 0 Å². The minimum Gasteiger partial charge on any atom is -0.342 e. The summed E-state index contributed by atoms with van der Waals surface area (Å²) in [5.41, 5.74) is 3.21. The molecule has 2 heterocycles. The molecular weight excluding hydrogens is 386 g/mol. The van der Waals surface area contributed by atoms with Gasteiger partial charge in [0.05, 0.1) is 12.0 Å². The van der Waals surface area contributed by atoms with E-state index < -0.39 is 0 Å². The Bertz CT molecular complexity index is 1010. The lowest BCUT2D eigenvalue weighted by Gasteiger charge is -2.06. The normalized spacial score (nSPS) is 14.9. The molecule has 0 bridgehead atoms. The van der Waals surface area contributed by atoms with Crippen molar-refractivity contribution < 1.29 is 4.79 Å². The molecule has 0 aliphatic carbocycles. The zero-order valence-corrected chi connectivity index (χ0v) is 16.0. The molecule has 3 aromatic rings. The molecule has 0 atom stereocenters. The van der Waals surface area contributed by atoms with Gasteiger partial charge in [-0.25, -0.2) is 0 Å². The van der Waals surface area contributed by atoms with Gasteiger partial charge >= 0.3 is 0 Å². The van der Waals surface area contributed by atoms with E-state index in [4.69, 9.17) is 23.8 Å². The van der Waals surface area contributed by atoms with Crippen molar-refractivity contribution in [1.29, 1.82) is 0 Å². The molecule has 0 radical (unpaired) electrons. The number of para-hydroxylation sites is 1. The van der Waals surface area contributed by atoms with Crippen LogP contribution in [0.4, 0.5) is 0 Å². The maximum atomic E-state index is 11.8. The molecule has 1 amide bonds. The van der Waals surface area contributed by atoms with Crippen molar-refractivity contribution in [2.45, 2.75) is 6.54 Å². The van der Waals surface area contributed by atoms with E-state index in [0.717, 1.165) is 33.6 Å². The predicted molar refractivity (Wildman–Crippen MR) is 112 cm³/mol. The monoisotopic (exact) mass is 399 g/mol. The summed E-state index contributed by atoms with van der Waals surface area (Å²) >= 11 is 12.5. The van der Waals surface area contributed by atoms with Crippen LogP contribution in [0, 0.1) is 0 Å². The lowest BCUT2D eigenvalue weighted by atomic mass is 10.2. The molecule has 0 unspecified atom stereocenters. The lowest BCUT2D eigenvalue weighted by Crippen LogP contribution is -2.22. The first-order valence-corrected chi connectivity index (χ1v) is 9.75. The number of carbonyl (C=O) groups excluding carboxylic acids is 1. The van der Waals surface area contributed by atoms with Crippen LogP contribution in [-0.4, -0.2) is 31.8 Å². The highest BCUT2D eigenvalue weighted by Gasteiger charge is 2.26. The van der Waals surface area contributed by atoms with Crippen LogP contribution in [-0.2, 0) is 11.3 Å². The molecule has 1 fully saturated rings. The van der Waals surface area contributed by atoms with Crippen molar-refractivity contribution >= 4 is 62.9 Å². The number of nitrogens with zero attached hydrogens (tertiary/aromatic N) is 3. The summed E-state index contributed by atoms with van der Waals surface area (Å²) in [5, 5.41) is 7.40. The average molecular weight is 400 g/mol. The number of amides is 1. The maximum Gasteiger partial charge on any atom is 0.259 e. The zero-order valence-electron chi connectivity index (χ0n) is 13.6. The number of halogens is 1. The smallest absolute Gasteiger partial charge is 0.259 e. The zero-order chi connectivity index (χ0) is 18.1. The number of aromatic nitrogens is 1. The molecular formula is C19H14ClN3OS2. The van der Waals surface area contributed by atoms with Crippen LogP contribution in [0.3, 0.4) is 0 Å². The maximum absolute atomic E-state index is 11.8. The molecule has 1 aromatic heterocycles. The Kier molecular flexibility index (Phi) is 4.80. The van der Waals surface area contributed by atoms with Gasteiger partial charge < -0.3 is 4.57 Å². The Morgan fingerprint density at radius 2 is 1.96 bits per heavy atom. The molecule has 0 saturated carbocycles. The third-order valence-corrected chi connectivity index (χ3v) is 5.72. The van der Waals surface area contributed by atoms with Crippen molar-refractivity contribution in [3.8, 4) is 0 Å². The average Bonchev–Trinajstić information content (AvgIpc) is 3.16. The Morgan fingerprint density at radius 1 is 1.19 bits per heavy atom. The van der Waals surface area contributed by atoms with Crippen LogP contribution in [0.15, 0.2) is 59.8 Å². The van der Waals surface area contributed by atoms with Crippen molar-refractivity contribution in [3.05, 3.63) is 70.9 Å². The summed E-state index contributed by atoms with van der Waals surface area (Å²) in [6.07, 6.45) is 3.75. The Hall–Kier alpha value is -2.15. The van der Waals surface area contributed by atoms with Gasteiger partial charge in [0.15, 0.2) is 4.32 Å². The molecule has 4 nitrogen and oxygen atoms in total. The Labute approximate surface area is 165 Å². The minimum absolute atomic E-state index is 0.0823. The topological polar surface area (TPSA) is 37.6 Å². The van der Waals surface area contributed by atoms with E-state index >= 15 is 0 Å². The van der Waals surface area contributed by atoms with Crippen LogP contribution in [0.1, 0.15) is 11.1 Å². The molecule has 26 heavy (non-hydrogen) atoms. The van der Waals surface area contributed by atoms with Gasteiger partial charge in [-0.2, -0.15) is 10.1 Å². The number of hydrazone groups is 1. The number of hydrogen-bond acceptors (Lipinski definition) is 4. The van der Waals surface area contributed by atoms with E-state index in [2.05, 4.69) is 15.7 Å². The van der Waals surface area contributed by atoms with Gasteiger partial charge in [0.1, 0.15) is 0 Å². The number of hydrogen-bond donors (Lipinski definition) is 0. The summed E-state index contributed by atoms with van der Waals surface area (Å²) in [4.78, 5) is 11.8. The second-order valence-corrected chi connectivity index (χ2v) is 7.91. The number of rotatable bonds is 4. The Balaban J connectivity index is 1.68. The summed E-state index contributed by atoms with van der Waals surface area (Å²) in [6, 6.07) is 15.9. The van der Waals surface area contributed by atoms with Gasteiger partial charge in [-0.15, -0.1) is 0 Å². The highest BCUT2D eigenvalue weighted by atomic mass is 35.5. The lowest BCUT2D eigenvalue weighted by molar-refractivity contribution is -0.123. The fourth-order valence-electron chi connectivity index (χ4n) is 2.87.